The van der Waals surface area contributed by atoms with Crippen LogP contribution in [0.25, 0.3) is 0 Å². The zero-order chi connectivity index (χ0) is 20.7. The van der Waals surface area contributed by atoms with Gasteiger partial charge in [0, 0.05) is 12.1 Å². The number of aromatic amines is 1. The molecule has 1 heterocycles. The first-order valence-electron chi connectivity index (χ1n) is 9.44. The topological polar surface area (TPSA) is 32.9 Å². The molecule has 2 nitrogen and oxygen atoms in total. The number of H-pyrrole nitrogens is 1. The Balaban J connectivity index is 2.36. The molecule has 0 aliphatic rings. The molecule has 1 aromatic carbocycles. The van der Waals surface area contributed by atoms with Crippen LogP contribution >= 0.6 is 23.2 Å². The van der Waals surface area contributed by atoms with Crippen LogP contribution in [0.5, 0.6) is 0 Å². The molecule has 0 atom stereocenters. The van der Waals surface area contributed by atoms with Gasteiger partial charge in [-0.2, -0.15) is 0 Å². The summed E-state index contributed by atoms with van der Waals surface area (Å²) >= 11 is 12.3. The number of aryl methyl sites for hydroxylation is 2. The lowest BCUT2D eigenvalue weighted by molar-refractivity contribution is 0.0978. The van der Waals surface area contributed by atoms with Crippen molar-refractivity contribution in [3.05, 3.63) is 55.8 Å². The summed E-state index contributed by atoms with van der Waals surface area (Å²) in [6.07, 6.45) is 1.07. The highest BCUT2D eigenvalue weighted by atomic mass is 35.5. The molecule has 148 valence electrons. The third kappa shape index (κ3) is 4.78. The molecule has 0 radical (unpaired) electrons. The molecule has 2 aromatic rings. The summed E-state index contributed by atoms with van der Waals surface area (Å²) in [7, 11) is 0. The lowest BCUT2D eigenvalue weighted by atomic mass is 9.75. The van der Waals surface area contributed by atoms with Crippen LogP contribution in [0.1, 0.15) is 86.4 Å². The summed E-state index contributed by atoms with van der Waals surface area (Å²) < 4.78 is 0. The molecule has 0 aliphatic carbocycles. The van der Waals surface area contributed by atoms with E-state index in [2.05, 4.69) is 65.6 Å². The highest BCUT2D eigenvalue weighted by Gasteiger charge is 2.25. The van der Waals surface area contributed by atoms with Gasteiger partial charge in [-0.05, 0) is 53.4 Å². The quantitative estimate of drug-likeness (QED) is 0.527. The Hall–Kier alpha value is -1.25. The molecule has 1 N–H and O–H groups in total. The normalized spacial score (nSPS) is 12.5. The minimum absolute atomic E-state index is 0.00908. The van der Waals surface area contributed by atoms with Crippen LogP contribution in [-0.2, 0) is 17.3 Å². The zero-order valence-corrected chi connectivity index (χ0v) is 19.2. The first kappa shape index (κ1) is 22.0. The number of ketones is 1. The van der Waals surface area contributed by atoms with Crippen molar-refractivity contribution in [3.63, 3.8) is 0 Å². The average molecular weight is 408 g/mol. The second-order valence-corrected chi connectivity index (χ2v) is 10.2. The van der Waals surface area contributed by atoms with Crippen molar-refractivity contribution < 1.29 is 4.79 Å². The van der Waals surface area contributed by atoms with Gasteiger partial charge >= 0.3 is 0 Å². The van der Waals surface area contributed by atoms with Crippen molar-refractivity contribution in [2.75, 3.05) is 0 Å². The van der Waals surface area contributed by atoms with Gasteiger partial charge < -0.3 is 4.98 Å². The second-order valence-electron chi connectivity index (χ2n) is 9.49. The lowest BCUT2D eigenvalue weighted by Gasteiger charge is -2.30. The van der Waals surface area contributed by atoms with Gasteiger partial charge in [-0.1, -0.05) is 76.9 Å². The number of benzene rings is 1. The maximum Gasteiger partial charge on any atom is 0.180 e. The van der Waals surface area contributed by atoms with E-state index in [4.69, 9.17) is 23.2 Å². The first-order chi connectivity index (χ1) is 12.2. The zero-order valence-electron chi connectivity index (χ0n) is 17.7. The fraction of sp³-hybridized carbons (Fsp3) is 0.522. The highest BCUT2D eigenvalue weighted by molar-refractivity contribution is 6.44. The minimum Gasteiger partial charge on any atom is -0.354 e. The molecular weight excluding hydrogens is 377 g/mol. The molecule has 0 amide bonds. The van der Waals surface area contributed by atoms with Crippen molar-refractivity contribution >= 4 is 29.0 Å². The van der Waals surface area contributed by atoms with E-state index < -0.39 is 0 Å². The number of aromatic nitrogens is 1. The maximum absolute atomic E-state index is 12.7. The van der Waals surface area contributed by atoms with Crippen molar-refractivity contribution in [2.45, 2.75) is 79.1 Å². The molecule has 0 bridgehead atoms. The molecule has 0 saturated carbocycles. The van der Waals surface area contributed by atoms with Gasteiger partial charge in [-0.25, -0.2) is 0 Å². The molecule has 0 fully saturated rings. The Kier molecular flexibility index (Phi) is 6.24. The van der Waals surface area contributed by atoms with E-state index in [0.29, 0.717) is 28.6 Å². The predicted octanol–water partition coefficient (Wildman–Crippen LogP) is 7.35. The molecule has 0 spiro atoms. The van der Waals surface area contributed by atoms with E-state index in [1.165, 1.54) is 22.3 Å². The molecule has 0 saturated heterocycles. The minimum atomic E-state index is -0.00908. The summed E-state index contributed by atoms with van der Waals surface area (Å²) in [4.78, 5) is 15.7. The van der Waals surface area contributed by atoms with E-state index >= 15 is 0 Å². The lowest BCUT2D eigenvalue weighted by Crippen LogP contribution is -2.20. The van der Waals surface area contributed by atoms with Crippen LogP contribution in [0.15, 0.2) is 12.1 Å². The number of nitrogens with one attached hydrogen (secondary N) is 1. The van der Waals surface area contributed by atoms with Crippen molar-refractivity contribution in [2.24, 2.45) is 0 Å². The van der Waals surface area contributed by atoms with Crippen molar-refractivity contribution in [3.8, 4) is 0 Å². The van der Waals surface area contributed by atoms with Gasteiger partial charge in [0.05, 0.1) is 10.0 Å². The monoisotopic (exact) mass is 407 g/mol. The number of carbonyl (C=O) groups excluding carboxylic acids is 1. The number of rotatable bonds is 4. The standard InChI is InChI=1S/C23H31Cl2NO/c1-13-16(22(3,4)5)11-15(12-17(13)23(6,7)8)9-10-18(27)21-20(25)19(24)14(2)26-21/h11-12,26H,9-10H2,1-8H3. The second kappa shape index (κ2) is 7.64. The van der Waals surface area contributed by atoms with E-state index in [-0.39, 0.29) is 16.6 Å². The number of hydrogen-bond donors (Lipinski definition) is 1. The fourth-order valence-electron chi connectivity index (χ4n) is 3.62. The fourth-order valence-corrected chi connectivity index (χ4v) is 4.06. The Morgan fingerprint density at radius 3 is 1.78 bits per heavy atom. The summed E-state index contributed by atoms with van der Waals surface area (Å²) in [5, 5.41) is 0.759. The number of halogens is 2. The number of carbonyl (C=O) groups is 1. The van der Waals surface area contributed by atoms with Crippen LogP contribution in [0.4, 0.5) is 0 Å². The van der Waals surface area contributed by atoms with Crippen molar-refractivity contribution in [1.82, 2.24) is 4.98 Å². The van der Waals surface area contributed by atoms with Crippen LogP contribution in [-0.4, -0.2) is 10.8 Å². The Labute approximate surface area is 173 Å². The van der Waals surface area contributed by atoms with E-state index in [0.717, 1.165) is 5.69 Å². The van der Waals surface area contributed by atoms with Crippen LogP contribution < -0.4 is 0 Å². The molecule has 27 heavy (non-hydrogen) atoms. The maximum atomic E-state index is 12.7. The first-order valence-corrected chi connectivity index (χ1v) is 10.2. The van der Waals surface area contributed by atoms with Crippen LogP contribution in [0, 0.1) is 13.8 Å². The van der Waals surface area contributed by atoms with Gasteiger partial charge in [0.25, 0.3) is 0 Å². The van der Waals surface area contributed by atoms with Gasteiger partial charge in [0.2, 0.25) is 0 Å². The molecule has 0 aliphatic heterocycles. The Morgan fingerprint density at radius 1 is 0.926 bits per heavy atom. The van der Waals surface area contributed by atoms with Crippen LogP contribution in [0.2, 0.25) is 10.0 Å². The molecule has 1 aromatic heterocycles. The number of Topliss-reactive ketones (excluding diaryl/α,β-unsaturated/α-hetero) is 1. The van der Waals surface area contributed by atoms with Gasteiger partial charge in [0.15, 0.2) is 5.78 Å². The largest absolute Gasteiger partial charge is 0.354 e. The third-order valence-electron chi connectivity index (χ3n) is 5.06. The predicted molar refractivity (Wildman–Crippen MR) is 117 cm³/mol. The third-order valence-corrected chi connectivity index (χ3v) is 6.00. The van der Waals surface area contributed by atoms with Crippen molar-refractivity contribution in [1.29, 1.82) is 0 Å². The summed E-state index contributed by atoms with van der Waals surface area (Å²) in [6, 6.07) is 4.51. The van der Waals surface area contributed by atoms with Gasteiger partial charge in [0.1, 0.15) is 5.69 Å². The molecular formula is C23H31Cl2NO. The summed E-state index contributed by atoms with van der Waals surface area (Å²) in [6.45, 7) is 17.4. The highest BCUT2D eigenvalue weighted by Crippen LogP contribution is 2.35. The summed E-state index contributed by atoms with van der Waals surface area (Å²) in [5.41, 5.74) is 6.47. The van der Waals surface area contributed by atoms with E-state index in [9.17, 15) is 4.79 Å². The molecule has 4 heteroatoms. The Morgan fingerprint density at radius 2 is 1.41 bits per heavy atom. The Bertz CT molecular complexity index is 829. The SMILES string of the molecule is Cc1[nH]c(C(=O)CCc2cc(C(C)(C)C)c(C)c(C(C)(C)C)c2)c(Cl)c1Cl. The van der Waals surface area contributed by atoms with Gasteiger partial charge in [-0.3, -0.25) is 4.79 Å². The molecule has 2 rings (SSSR count). The van der Waals surface area contributed by atoms with E-state index in [1.54, 1.807) is 0 Å². The smallest absolute Gasteiger partial charge is 0.180 e. The van der Waals surface area contributed by atoms with E-state index in [1.807, 2.05) is 6.92 Å². The summed E-state index contributed by atoms with van der Waals surface area (Å²) in [5.74, 6) is -0.00908. The van der Waals surface area contributed by atoms with Gasteiger partial charge in [-0.15, -0.1) is 0 Å². The average Bonchev–Trinajstić information content (AvgIpc) is 2.79. The van der Waals surface area contributed by atoms with Crippen LogP contribution in [0.3, 0.4) is 0 Å². The molecule has 0 unspecified atom stereocenters. The number of hydrogen-bond acceptors (Lipinski definition) is 1.